The number of alkyl halides is 3. The number of hydrogen-bond acceptors (Lipinski definition) is 2. The molecule has 0 aromatic carbocycles. The van der Waals surface area contributed by atoms with Crippen molar-refractivity contribution in [3.8, 4) is 0 Å². The van der Waals surface area contributed by atoms with Crippen LogP contribution < -0.4 is 0 Å². The zero-order valence-electron chi connectivity index (χ0n) is 11.9. The topological polar surface area (TPSA) is 26.3 Å². The van der Waals surface area contributed by atoms with Crippen LogP contribution in [-0.4, -0.2) is 18.8 Å². The normalized spacial score (nSPS) is 26.6. The minimum absolute atomic E-state index is 0.323. The monoisotopic (exact) mass is 312 g/mol. The number of allylic oxidation sites excluding steroid dienone is 2. The van der Waals surface area contributed by atoms with Crippen LogP contribution in [0.1, 0.15) is 40.0 Å². The molecule has 1 aliphatic rings. The van der Waals surface area contributed by atoms with Gasteiger partial charge in [0.15, 0.2) is 0 Å². The molecule has 6 heteroatoms. The minimum atomic E-state index is -4.53. The van der Waals surface area contributed by atoms with Crippen molar-refractivity contribution in [3.63, 3.8) is 0 Å². The molecule has 1 aliphatic carbocycles. The van der Waals surface area contributed by atoms with E-state index in [1.54, 1.807) is 13.8 Å². The van der Waals surface area contributed by atoms with E-state index in [2.05, 4.69) is 0 Å². The summed E-state index contributed by atoms with van der Waals surface area (Å²) in [5.41, 5.74) is -0.587. The average Bonchev–Trinajstić information content (AvgIpc) is 2.61. The van der Waals surface area contributed by atoms with Gasteiger partial charge in [-0.05, 0) is 30.6 Å². The molecule has 2 atom stereocenters. The fraction of sp³-hybridized carbons (Fsp3) is 0.786. The van der Waals surface area contributed by atoms with Gasteiger partial charge in [-0.2, -0.15) is 13.2 Å². The Labute approximate surface area is 122 Å². The summed E-state index contributed by atoms with van der Waals surface area (Å²) in [5, 5.41) is -1.11. The number of halogens is 4. The molecule has 0 heterocycles. The molecule has 0 N–H and O–H groups in total. The van der Waals surface area contributed by atoms with Crippen LogP contribution in [0.15, 0.2) is 11.1 Å². The summed E-state index contributed by atoms with van der Waals surface area (Å²) >= 11 is 5.30. The fourth-order valence-electron chi connectivity index (χ4n) is 2.64. The maximum atomic E-state index is 12.5. The zero-order chi connectivity index (χ0) is 15.6. The standard InChI is InChI=1S/C14H20ClF3O2/c1-4-7-20-12(19)10-6-5-9(13(10,2)3)8-11(15)14(16,17)18/h8-10H,4-7H2,1-3H3. The summed E-state index contributed by atoms with van der Waals surface area (Å²) in [6.07, 6.45) is -1.74. The molecule has 1 fully saturated rings. The molecule has 2 nitrogen and oxygen atoms in total. The lowest BCUT2D eigenvalue weighted by atomic mass is 9.75. The quantitative estimate of drug-likeness (QED) is 0.705. The summed E-state index contributed by atoms with van der Waals surface area (Å²) in [7, 11) is 0. The third kappa shape index (κ3) is 3.90. The summed E-state index contributed by atoms with van der Waals surface area (Å²) in [5.74, 6) is -1.08. The van der Waals surface area contributed by atoms with Gasteiger partial charge in [0, 0.05) is 0 Å². The van der Waals surface area contributed by atoms with Gasteiger partial charge in [-0.1, -0.05) is 38.4 Å². The highest BCUT2D eigenvalue weighted by Crippen LogP contribution is 2.50. The Balaban J connectivity index is 2.83. The van der Waals surface area contributed by atoms with Gasteiger partial charge in [-0.15, -0.1) is 0 Å². The number of hydrogen-bond donors (Lipinski definition) is 0. The van der Waals surface area contributed by atoms with Gasteiger partial charge in [-0.3, -0.25) is 4.79 Å². The van der Waals surface area contributed by atoms with Crippen LogP contribution in [0.4, 0.5) is 13.2 Å². The maximum absolute atomic E-state index is 12.5. The molecule has 0 bridgehead atoms. The third-order valence-corrected chi connectivity index (χ3v) is 4.31. The third-order valence-electron chi connectivity index (χ3n) is 3.97. The van der Waals surface area contributed by atoms with Crippen molar-refractivity contribution in [2.24, 2.45) is 17.3 Å². The molecule has 1 saturated carbocycles. The highest BCUT2D eigenvalue weighted by Gasteiger charge is 2.47. The second-order valence-electron chi connectivity index (χ2n) is 5.74. The smallest absolute Gasteiger partial charge is 0.426 e. The minimum Gasteiger partial charge on any atom is -0.465 e. The van der Waals surface area contributed by atoms with Gasteiger partial charge in [0.2, 0.25) is 0 Å². The lowest BCUT2D eigenvalue weighted by Crippen LogP contribution is -2.31. The molecule has 0 aromatic rings. The van der Waals surface area contributed by atoms with Crippen molar-refractivity contribution >= 4 is 17.6 Å². The Kier molecular flexibility index (Phi) is 5.53. The summed E-state index contributed by atoms with van der Waals surface area (Å²) in [6.45, 7) is 5.82. The van der Waals surface area contributed by atoms with Crippen LogP contribution in [0.5, 0.6) is 0 Å². The van der Waals surface area contributed by atoms with Crippen molar-refractivity contribution in [1.82, 2.24) is 0 Å². The van der Waals surface area contributed by atoms with Gasteiger partial charge in [-0.25, -0.2) is 0 Å². The number of esters is 1. The van der Waals surface area contributed by atoms with E-state index in [1.165, 1.54) is 0 Å². The predicted octanol–water partition coefficient (Wildman–Crippen LogP) is 4.68. The molecule has 0 radical (unpaired) electrons. The highest BCUT2D eigenvalue weighted by molar-refractivity contribution is 6.30. The van der Waals surface area contributed by atoms with Crippen molar-refractivity contribution < 1.29 is 22.7 Å². The van der Waals surface area contributed by atoms with Crippen LogP contribution >= 0.6 is 11.6 Å². The summed E-state index contributed by atoms with van der Waals surface area (Å²) in [6, 6.07) is 0. The lowest BCUT2D eigenvalue weighted by molar-refractivity contribution is -0.152. The number of rotatable bonds is 4. The molecule has 20 heavy (non-hydrogen) atoms. The first-order valence-corrected chi connectivity index (χ1v) is 7.09. The Morgan fingerprint density at radius 1 is 1.40 bits per heavy atom. The maximum Gasteiger partial charge on any atom is 0.426 e. The molecule has 2 unspecified atom stereocenters. The Morgan fingerprint density at radius 2 is 2.00 bits per heavy atom. The number of ether oxygens (including phenoxy) is 1. The van der Waals surface area contributed by atoms with E-state index < -0.39 is 16.6 Å². The first-order chi connectivity index (χ1) is 9.10. The molecule has 1 rings (SSSR count). The van der Waals surface area contributed by atoms with Crippen molar-refractivity contribution in [2.75, 3.05) is 6.61 Å². The van der Waals surface area contributed by atoms with Crippen LogP contribution in [-0.2, 0) is 9.53 Å². The first kappa shape index (κ1) is 17.3. The molecular formula is C14H20ClF3O2. The predicted molar refractivity (Wildman–Crippen MR) is 71.2 cm³/mol. The van der Waals surface area contributed by atoms with E-state index >= 15 is 0 Å². The molecule has 0 spiro atoms. The van der Waals surface area contributed by atoms with Gasteiger partial charge in [0.05, 0.1) is 12.5 Å². The van der Waals surface area contributed by atoms with E-state index in [4.69, 9.17) is 16.3 Å². The number of carbonyl (C=O) groups excluding carboxylic acids is 1. The van der Waals surface area contributed by atoms with E-state index in [1.807, 2.05) is 6.92 Å². The molecular weight excluding hydrogens is 293 g/mol. The summed E-state index contributed by atoms with van der Waals surface area (Å²) < 4.78 is 42.6. The largest absolute Gasteiger partial charge is 0.465 e. The van der Waals surface area contributed by atoms with Gasteiger partial charge >= 0.3 is 12.1 Å². The summed E-state index contributed by atoms with van der Waals surface area (Å²) in [4.78, 5) is 11.9. The Morgan fingerprint density at radius 3 is 2.50 bits per heavy atom. The molecule has 0 amide bonds. The molecule has 0 aromatic heterocycles. The Bertz CT molecular complexity index is 388. The lowest BCUT2D eigenvalue weighted by Gasteiger charge is -2.30. The SMILES string of the molecule is CCCOC(=O)C1CCC(C=C(Cl)C(F)(F)F)C1(C)C. The van der Waals surface area contributed by atoms with Crippen LogP contribution in [0.3, 0.4) is 0 Å². The second kappa shape index (κ2) is 6.37. The number of carbonyl (C=O) groups is 1. The van der Waals surface area contributed by atoms with Crippen LogP contribution in [0.2, 0.25) is 0 Å². The van der Waals surface area contributed by atoms with Gasteiger partial charge < -0.3 is 4.74 Å². The van der Waals surface area contributed by atoms with E-state index in [9.17, 15) is 18.0 Å². The van der Waals surface area contributed by atoms with E-state index in [-0.39, 0.29) is 17.8 Å². The van der Waals surface area contributed by atoms with Crippen LogP contribution in [0.25, 0.3) is 0 Å². The van der Waals surface area contributed by atoms with E-state index in [0.29, 0.717) is 19.4 Å². The highest BCUT2D eigenvalue weighted by atomic mass is 35.5. The molecule has 0 aliphatic heterocycles. The van der Waals surface area contributed by atoms with E-state index in [0.717, 1.165) is 12.5 Å². The first-order valence-electron chi connectivity index (χ1n) is 6.71. The molecule has 116 valence electrons. The van der Waals surface area contributed by atoms with Crippen molar-refractivity contribution in [2.45, 2.75) is 46.2 Å². The van der Waals surface area contributed by atoms with Crippen LogP contribution in [0, 0.1) is 17.3 Å². The average molecular weight is 313 g/mol. The van der Waals surface area contributed by atoms with Gasteiger partial charge in [0.1, 0.15) is 5.03 Å². The van der Waals surface area contributed by atoms with Crippen molar-refractivity contribution in [3.05, 3.63) is 11.1 Å². The van der Waals surface area contributed by atoms with Crippen molar-refractivity contribution in [1.29, 1.82) is 0 Å². The second-order valence-corrected chi connectivity index (χ2v) is 6.14. The molecule has 0 saturated heterocycles. The fourth-order valence-corrected chi connectivity index (χ4v) is 2.79. The Hall–Kier alpha value is -0.710. The van der Waals surface area contributed by atoms with Gasteiger partial charge in [0.25, 0.3) is 0 Å². The zero-order valence-corrected chi connectivity index (χ0v) is 12.6.